The van der Waals surface area contributed by atoms with E-state index in [0.717, 1.165) is 16.4 Å². The molecule has 0 radical (unpaired) electrons. The zero-order valence-corrected chi connectivity index (χ0v) is 8.97. The van der Waals surface area contributed by atoms with Crippen LogP contribution >= 0.6 is 0 Å². The molecule has 0 aromatic rings. The molecule has 3 atom stereocenters. The van der Waals surface area contributed by atoms with Gasteiger partial charge < -0.3 is 0 Å². The average Bonchev–Trinajstić information content (AvgIpc) is 2.09. The van der Waals surface area contributed by atoms with Gasteiger partial charge in [0.2, 0.25) is 0 Å². The van der Waals surface area contributed by atoms with Gasteiger partial charge >= 0.3 is 86.5 Å². The SMILES string of the molecule is [Li][CH]1C(CC)CCCC1CCC. The summed E-state index contributed by atoms with van der Waals surface area (Å²) in [5.74, 6) is 2.09. The van der Waals surface area contributed by atoms with Gasteiger partial charge in [-0.15, -0.1) is 0 Å². The molecule has 0 aromatic heterocycles. The summed E-state index contributed by atoms with van der Waals surface area (Å²) in [4.78, 5) is 0. The predicted molar refractivity (Wildman–Crippen MR) is 55.5 cm³/mol. The monoisotopic (exact) mass is 160 g/mol. The minimum absolute atomic E-state index is 1.00. The Hall–Kier alpha value is 0.597. The van der Waals surface area contributed by atoms with Gasteiger partial charge in [0.15, 0.2) is 0 Å². The van der Waals surface area contributed by atoms with Gasteiger partial charge in [-0.1, -0.05) is 0 Å². The molecule has 0 amide bonds. The number of hydrogen-bond acceptors (Lipinski definition) is 0. The summed E-state index contributed by atoms with van der Waals surface area (Å²) < 4.78 is 1.00. The maximum atomic E-state index is 2.48. The van der Waals surface area contributed by atoms with E-state index in [9.17, 15) is 0 Å². The van der Waals surface area contributed by atoms with E-state index in [1.54, 1.807) is 0 Å². The van der Waals surface area contributed by atoms with Crippen LogP contribution in [0.25, 0.3) is 0 Å². The van der Waals surface area contributed by atoms with Crippen molar-refractivity contribution >= 4 is 17.7 Å². The molecule has 0 nitrogen and oxygen atoms in total. The van der Waals surface area contributed by atoms with Crippen molar-refractivity contribution in [2.45, 2.75) is 57.0 Å². The first-order valence-corrected chi connectivity index (χ1v) is 5.79. The fourth-order valence-electron chi connectivity index (χ4n) is 2.91. The third-order valence-corrected chi connectivity index (χ3v) is 3.82. The molecule has 1 fully saturated rings. The normalized spacial score (nSPS) is 36.8. The van der Waals surface area contributed by atoms with E-state index < -0.39 is 0 Å². The van der Waals surface area contributed by atoms with Crippen LogP contribution in [-0.2, 0) is 0 Å². The molecule has 0 N–H and O–H groups in total. The van der Waals surface area contributed by atoms with Crippen molar-refractivity contribution in [3.63, 3.8) is 0 Å². The third-order valence-electron chi connectivity index (χ3n) is 3.82. The molecule has 12 heavy (non-hydrogen) atoms. The number of rotatable bonds is 3. The van der Waals surface area contributed by atoms with Crippen LogP contribution in [0.1, 0.15) is 52.4 Å². The Morgan fingerprint density at radius 3 is 2.42 bits per heavy atom. The third kappa shape index (κ3) is 2.54. The van der Waals surface area contributed by atoms with Crippen LogP contribution in [0.3, 0.4) is 0 Å². The summed E-state index contributed by atoms with van der Waals surface area (Å²) in [5, 5.41) is 0. The Morgan fingerprint density at radius 2 is 1.83 bits per heavy atom. The second kappa shape index (κ2) is 5.35. The topological polar surface area (TPSA) is 0 Å². The van der Waals surface area contributed by atoms with E-state index in [1.165, 1.54) is 38.5 Å². The Balaban J connectivity index is 2.41. The molecule has 1 aliphatic rings. The Labute approximate surface area is 86.7 Å². The summed E-state index contributed by atoms with van der Waals surface area (Å²) in [6, 6.07) is 0. The van der Waals surface area contributed by atoms with Crippen molar-refractivity contribution in [3.8, 4) is 0 Å². The summed E-state index contributed by atoms with van der Waals surface area (Å²) in [5.41, 5.74) is 0. The molecule has 1 aliphatic carbocycles. The quantitative estimate of drug-likeness (QED) is 0.554. The Morgan fingerprint density at radius 1 is 1.17 bits per heavy atom. The Bertz CT molecular complexity index is 120. The molecule has 0 aliphatic heterocycles. The summed E-state index contributed by atoms with van der Waals surface area (Å²) in [6.45, 7) is 4.68. The number of hydrogen-bond donors (Lipinski definition) is 0. The van der Waals surface area contributed by atoms with Gasteiger partial charge in [0.05, 0.1) is 0 Å². The van der Waals surface area contributed by atoms with E-state index in [1.807, 2.05) is 0 Å². The fourth-order valence-corrected chi connectivity index (χ4v) is 2.91. The summed E-state index contributed by atoms with van der Waals surface area (Å²) >= 11 is 2.48. The van der Waals surface area contributed by atoms with E-state index in [2.05, 4.69) is 31.6 Å². The first-order chi connectivity index (χ1) is 5.79. The van der Waals surface area contributed by atoms with Gasteiger partial charge in [0, 0.05) is 0 Å². The van der Waals surface area contributed by atoms with Crippen molar-refractivity contribution in [2.24, 2.45) is 11.8 Å². The molecule has 1 rings (SSSR count). The van der Waals surface area contributed by atoms with Crippen LogP contribution < -0.4 is 0 Å². The fraction of sp³-hybridized carbons (Fsp3) is 1.00. The molecular formula is C11H21Li. The second-order valence-corrected chi connectivity index (χ2v) is 4.51. The second-order valence-electron chi connectivity index (χ2n) is 4.51. The minimum atomic E-state index is 1.00. The van der Waals surface area contributed by atoms with Crippen molar-refractivity contribution in [1.82, 2.24) is 0 Å². The van der Waals surface area contributed by atoms with Gasteiger partial charge in [-0.2, -0.15) is 0 Å². The van der Waals surface area contributed by atoms with Gasteiger partial charge in [-0.05, 0) is 0 Å². The van der Waals surface area contributed by atoms with Crippen LogP contribution in [0.2, 0.25) is 4.59 Å². The van der Waals surface area contributed by atoms with E-state index in [0.29, 0.717) is 0 Å². The molecular weight excluding hydrogens is 139 g/mol. The maximum absolute atomic E-state index is 2.48. The van der Waals surface area contributed by atoms with Crippen LogP contribution in [0.4, 0.5) is 0 Å². The van der Waals surface area contributed by atoms with Crippen molar-refractivity contribution in [2.75, 3.05) is 0 Å². The zero-order chi connectivity index (χ0) is 8.97. The van der Waals surface area contributed by atoms with Crippen LogP contribution in [0.5, 0.6) is 0 Å². The van der Waals surface area contributed by atoms with Crippen LogP contribution in [0, 0.1) is 11.8 Å². The van der Waals surface area contributed by atoms with E-state index in [-0.39, 0.29) is 0 Å². The van der Waals surface area contributed by atoms with Gasteiger partial charge in [0.25, 0.3) is 0 Å². The molecule has 1 saturated carbocycles. The van der Waals surface area contributed by atoms with Crippen molar-refractivity contribution in [3.05, 3.63) is 0 Å². The van der Waals surface area contributed by atoms with E-state index >= 15 is 0 Å². The molecule has 0 spiro atoms. The summed E-state index contributed by atoms with van der Waals surface area (Å²) in [7, 11) is 0. The van der Waals surface area contributed by atoms with Gasteiger partial charge in [0.1, 0.15) is 0 Å². The Kier molecular flexibility index (Phi) is 4.76. The van der Waals surface area contributed by atoms with E-state index in [4.69, 9.17) is 0 Å². The molecule has 1 heteroatoms. The molecule has 0 aromatic carbocycles. The van der Waals surface area contributed by atoms with Gasteiger partial charge in [-0.3, -0.25) is 0 Å². The molecule has 3 unspecified atom stereocenters. The van der Waals surface area contributed by atoms with Crippen LogP contribution in [0.15, 0.2) is 0 Å². The summed E-state index contributed by atoms with van der Waals surface area (Å²) in [6.07, 6.45) is 8.75. The average molecular weight is 160 g/mol. The predicted octanol–water partition coefficient (Wildman–Crippen LogP) is 3.57. The standard InChI is InChI=1S/C11H21.Li/c1-3-6-11-8-5-7-10(4-2)9-11;/h9-11H,3-8H2,1-2H3;. The molecule has 0 heterocycles. The molecule has 0 bridgehead atoms. The zero-order valence-electron chi connectivity index (χ0n) is 8.97. The van der Waals surface area contributed by atoms with Gasteiger partial charge in [-0.25, -0.2) is 0 Å². The van der Waals surface area contributed by atoms with Crippen molar-refractivity contribution < 1.29 is 0 Å². The first-order valence-electron chi connectivity index (χ1n) is 5.79. The molecule has 0 saturated heterocycles. The van der Waals surface area contributed by atoms with Crippen molar-refractivity contribution in [1.29, 1.82) is 0 Å². The molecule has 66 valence electrons. The van der Waals surface area contributed by atoms with Crippen LogP contribution in [-0.4, -0.2) is 17.7 Å². The first kappa shape index (κ1) is 10.7.